The van der Waals surface area contributed by atoms with Gasteiger partial charge in [0.15, 0.2) is 0 Å². The Bertz CT molecular complexity index is 1080. The van der Waals surface area contributed by atoms with E-state index < -0.39 is 0 Å². The van der Waals surface area contributed by atoms with E-state index in [1.165, 1.54) is 46.4 Å². The van der Waals surface area contributed by atoms with Crippen molar-refractivity contribution in [3.8, 4) is 11.8 Å². The van der Waals surface area contributed by atoms with Crippen molar-refractivity contribution in [3.05, 3.63) is 45.8 Å². The lowest BCUT2D eigenvalue weighted by molar-refractivity contribution is -0.113. The minimum Gasteiger partial charge on any atom is -0.316 e. The van der Waals surface area contributed by atoms with Crippen LogP contribution >= 0.6 is 23.1 Å². The molecule has 0 unspecified atom stereocenters. The molecule has 1 N–H and O–H groups in total. The first-order chi connectivity index (χ1) is 14.7. The summed E-state index contributed by atoms with van der Waals surface area (Å²) in [5.74, 6) is 0.00319. The number of nitrogens with one attached hydrogen (secondary N) is 1. The zero-order valence-corrected chi connectivity index (χ0v) is 18.4. The van der Waals surface area contributed by atoms with Crippen LogP contribution in [0.1, 0.15) is 47.8 Å². The molecule has 30 heavy (non-hydrogen) atoms. The Morgan fingerprint density at radius 1 is 1.33 bits per heavy atom. The van der Waals surface area contributed by atoms with Crippen LogP contribution in [0.2, 0.25) is 0 Å². The predicted molar refractivity (Wildman–Crippen MR) is 118 cm³/mol. The third-order valence-electron chi connectivity index (χ3n) is 5.06. The molecule has 0 fully saturated rings. The summed E-state index contributed by atoms with van der Waals surface area (Å²) in [6.07, 6.45) is 6.40. The summed E-state index contributed by atoms with van der Waals surface area (Å²) < 4.78 is 1.64. The smallest absolute Gasteiger partial charge is 0.235 e. The molecule has 0 bridgehead atoms. The van der Waals surface area contributed by atoms with Gasteiger partial charge in [0.1, 0.15) is 11.1 Å². The normalized spacial score (nSPS) is 12.5. The summed E-state index contributed by atoms with van der Waals surface area (Å²) in [4.78, 5) is 13.7. The molecule has 0 saturated carbocycles. The van der Waals surface area contributed by atoms with Crippen molar-refractivity contribution in [1.82, 2.24) is 20.2 Å². The number of hydrogen-bond acceptors (Lipinski definition) is 7. The maximum absolute atomic E-state index is 12.5. The number of carbonyl (C=O) groups excluding carboxylic acids is 1. The van der Waals surface area contributed by atoms with E-state index in [0.717, 1.165) is 36.9 Å². The van der Waals surface area contributed by atoms with Crippen molar-refractivity contribution in [3.63, 3.8) is 0 Å². The minimum absolute atomic E-state index is 0.166. The molecule has 0 atom stereocenters. The molecule has 9 heteroatoms. The molecule has 2 heterocycles. The Labute approximate surface area is 183 Å². The first-order valence-electron chi connectivity index (χ1n) is 10.0. The molecular weight excluding hydrogens is 416 g/mol. The molecule has 0 spiro atoms. The van der Waals surface area contributed by atoms with Gasteiger partial charge < -0.3 is 5.32 Å². The third-order valence-corrected chi connectivity index (χ3v) is 7.19. The number of aromatic nitrogens is 4. The Balaban J connectivity index is 1.39. The predicted octanol–water partition coefficient (Wildman–Crippen LogP) is 4.16. The molecule has 3 aromatic rings. The van der Waals surface area contributed by atoms with Crippen LogP contribution in [-0.4, -0.2) is 31.9 Å². The molecule has 0 saturated heterocycles. The summed E-state index contributed by atoms with van der Waals surface area (Å²) in [5, 5.41) is 25.5. The van der Waals surface area contributed by atoms with Crippen LogP contribution < -0.4 is 5.32 Å². The van der Waals surface area contributed by atoms with E-state index in [9.17, 15) is 10.1 Å². The molecule has 154 valence electrons. The summed E-state index contributed by atoms with van der Waals surface area (Å²) in [6.45, 7) is 2.18. The molecule has 2 aromatic heterocycles. The van der Waals surface area contributed by atoms with E-state index in [1.54, 1.807) is 4.68 Å². The van der Waals surface area contributed by atoms with Crippen LogP contribution in [0, 0.1) is 11.3 Å². The summed E-state index contributed by atoms with van der Waals surface area (Å²) >= 11 is 2.80. The second-order valence-electron chi connectivity index (χ2n) is 7.15. The van der Waals surface area contributed by atoms with E-state index in [4.69, 9.17) is 0 Å². The van der Waals surface area contributed by atoms with Crippen LogP contribution in [0.25, 0.3) is 5.69 Å². The van der Waals surface area contributed by atoms with E-state index in [2.05, 4.69) is 46.0 Å². The highest BCUT2D eigenvalue weighted by atomic mass is 32.2. The Morgan fingerprint density at radius 3 is 2.93 bits per heavy atom. The number of fused-ring (bicyclic) bond motifs is 1. The van der Waals surface area contributed by atoms with Crippen molar-refractivity contribution in [2.24, 2.45) is 0 Å². The van der Waals surface area contributed by atoms with Gasteiger partial charge in [-0.25, -0.2) is 0 Å². The topological polar surface area (TPSA) is 96.5 Å². The maximum atomic E-state index is 12.5. The van der Waals surface area contributed by atoms with Crippen LogP contribution in [0.3, 0.4) is 0 Å². The van der Waals surface area contributed by atoms with Gasteiger partial charge >= 0.3 is 0 Å². The van der Waals surface area contributed by atoms with Gasteiger partial charge in [0.2, 0.25) is 11.1 Å². The molecule has 1 amide bonds. The van der Waals surface area contributed by atoms with Crippen molar-refractivity contribution in [1.29, 1.82) is 5.26 Å². The molecule has 1 aliphatic carbocycles. The van der Waals surface area contributed by atoms with Gasteiger partial charge in [-0.3, -0.25) is 4.79 Å². The van der Waals surface area contributed by atoms with Gasteiger partial charge in [-0.15, -0.1) is 16.4 Å². The fourth-order valence-electron chi connectivity index (χ4n) is 3.52. The van der Waals surface area contributed by atoms with E-state index in [0.29, 0.717) is 15.7 Å². The lowest BCUT2D eigenvalue weighted by Crippen LogP contribution is -2.14. The van der Waals surface area contributed by atoms with Crippen LogP contribution in [0.4, 0.5) is 5.00 Å². The highest BCUT2D eigenvalue weighted by Gasteiger charge is 2.23. The second-order valence-corrected chi connectivity index (χ2v) is 9.20. The monoisotopic (exact) mass is 438 g/mol. The fourth-order valence-corrected chi connectivity index (χ4v) is 5.47. The van der Waals surface area contributed by atoms with Gasteiger partial charge in [-0.05, 0) is 65.8 Å². The average molecular weight is 439 g/mol. The molecule has 1 aromatic carbocycles. The molecule has 0 aliphatic heterocycles. The summed E-state index contributed by atoms with van der Waals surface area (Å²) in [7, 11) is 0. The zero-order chi connectivity index (χ0) is 20.9. The number of amides is 1. The van der Waals surface area contributed by atoms with E-state index >= 15 is 0 Å². The number of thiophene rings is 1. The number of nitrogens with zero attached hydrogens (tertiary/aromatic N) is 5. The fraction of sp³-hybridized carbons (Fsp3) is 0.381. The number of unbranched alkanes of at least 4 members (excludes halogenated alkanes) is 1. The lowest BCUT2D eigenvalue weighted by Gasteiger charge is -2.06. The van der Waals surface area contributed by atoms with Gasteiger partial charge in [-0.2, -0.15) is 9.94 Å². The maximum Gasteiger partial charge on any atom is 0.235 e. The largest absolute Gasteiger partial charge is 0.316 e. The molecule has 7 nitrogen and oxygen atoms in total. The average Bonchev–Trinajstić information content (AvgIpc) is 3.47. The zero-order valence-electron chi connectivity index (χ0n) is 16.7. The van der Waals surface area contributed by atoms with Crippen molar-refractivity contribution in [2.75, 3.05) is 11.1 Å². The van der Waals surface area contributed by atoms with Crippen LogP contribution in [-0.2, 0) is 24.1 Å². The van der Waals surface area contributed by atoms with Crippen LogP contribution in [0.15, 0.2) is 29.4 Å². The number of tetrazole rings is 1. The number of thioether (sulfide) groups is 1. The van der Waals surface area contributed by atoms with E-state index in [1.807, 2.05) is 12.1 Å². The summed E-state index contributed by atoms with van der Waals surface area (Å²) in [6, 6.07) is 10.4. The van der Waals surface area contributed by atoms with Gasteiger partial charge in [-0.1, -0.05) is 37.2 Å². The number of benzene rings is 1. The SMILES string of the molecule is CCCCc1ccc(-n2nnnc2SCC(=O)Nc2sc3c(c2C#N)CCC3)cc1. The molecule has 4 rings (SSSR count). The van der Waals surface area contributed by atoms with Crippen LogP contribution in [0.5, 0.6) is 0 Å². The van der Waals surface area contributed by atoms with Gasteiger partial charge in [0.25, 0.3) is 0 Å². The Hall–Kier alpha value is -2.70. The molecular formula is C21H22N6OS2. The highest BCUT2D eigenvalue weighted by molar-refractivity contribution is 7.99. The molecule has 0 radical (unpaired) electrons. The third kappa shape index (κ3) is 4.40. The first kappa shape index (κ1) is 20.6. The Morgan fingerprint density at radius 2 is 2.17 bits per heavy atom. The standard InChI is InChI=1S/C21H22N6OS2/c1-2-3-5-14-8-10-15(11-9-14)27-21(24-25-26-27)29-13-19(28)23-20-17(12-22)16-6-4-7-18(16)30-20/h8-11H,2-7,13H2,1H3,(H,23,28). The quantitative estimate of drug-likeness (QED) is 0.531. The second kappa shape index (κ2) is 9.41. The number of aryl methyl sites for hydroxylation is 2. The van der Waals surface area contributed by atoms with E-state index in [-0.39, 0.29) is 11.7 Å². The number of nitriles is 1. The summed E-state index contributed by atoms with van der Waals surface area (Å²) in [5.41, 5.74) is 3.89. The highest BCUT2D eigenvalue weighted by Crippen LogP contribution is 2.38. The van der Waals surface area contributed by atoms with Crippen molar-refractivity contribution in [2.45, 2.75) is 50.6 Å². The molecule has 1 aliphatic rings. The number of rotatable bonds is 8. The van der Waals surface area contributed by atoms with Gasteiger partial charge in [0, 0.05) is 4.88 Å². The first-order valence-corrected chi connectivity index (χ1v) is 11.8. The number of anilines is 1. The number of hydrogen-bond donors (Lipinski definition) is 1. The van der Waals surface area contributed by atoms with Crippen molar-refractivity contribution >= 4 is 34.0 Å². The minimum atomic E-state index is -0.166. The number of carbonyl (C=O) groups is 1. The van der Waals surface area contributed by atoms with Gasteiger partial charge in [0.05, 0.1) is 17.0 Å². The lowest BCUT2D eigenvalue weighted by atomic mass is 10.1. The Kier molecular flexibility index (Phi) is 6.45. The van der Waals surface area contributed by atoms with Crippen molar-refractivity contribution < 1.29 is 4.79 Å².